The highest BCUT2D eigenvalue weighted by molar-refractivity contribution is 6.21. The van der Waals surface area contributed by atoms with Crippen LogP contribution in [0.4, 0.5) is 5.69 Å². The van der Waals surface area contributed by atoms with Gasteiger partial charge in [-0.2, -0.15) is 0 Å². The zero-order valence-electron chi connectivity index (χ0n) is 15.6. The van der Waals surface area contributed by atoms with Crippen LogP contribution in [-0.2, 0) is 0 Å². The average Bonchev–Trinajstić information content (AvgIpc) is 3.00. The summed E-state index contributed by atoms with van der Waals surface area (Å²) in [4.78, 5) is 36.7. The lowest BCUT2D eigenvalue weighted by molar-refractivity contribution is 0.0658. The van der Waals surface area contributed by atoms with E-state index >= 15 is 0 Å². The number of carboxylic acid groups (broad SMARTS) is 1. The number of carboxylic acids is 1. The van der Waals surface area contributed by atoms with Gasteiger partial charge in [-0.05, 0) is 30.3 Å². The molecule has 6 heteroatoms. The third kappa shape index (κ3) is 4.87. The molecule has 0 fully saturated rings. The average molecular weight is 388 g/mol. The van der Waals surface area contributed by atoms with Crippen molar-refractivity contribution in [3.63, 3.8) is 0 Å². The molecule has 2 N–H and O–H groups in total. The first-order chi connectivity index (χ1) is 14.1. The number of hydrogen-bond acceptors (Lipinski definition) is 4. The Morgan fingerprint density at radius 3 is 1.93 bits per heavy atom. The van der Waals surface area contributed by atoms with E-state index in [1.54, 1.807) is 0 Å². The highest BCUT2D eigenvalue weighted by Crippen LogP contribution is 2.24. The van der Waals surface area contributed by atoms with Crippen molar-refractivity contribution < 1.29 is 19.5 Å². The number of fused-ring (bicyclic) bond motifs is 1. The summed E-state index contributed by atoms with van der Waals surface area (Å²) >= 11 is 0. The Balaban J connectivity index is 0.000000343. The van der Waals surface area contributed by atoms with Crippen LogP contribution in [0.1, 0.15) is 31.1 Å². The minimum absolute atomic E-state index is 0.00541. The lowest BCUT2D eigenvalue weighted by atomic mass is 10.1. The number of aromatic carboxylic acids is 1. The fourth-order valence-electron chi connectivity index (χ4n) is 2.88. The maximum atomic E-state index is 12.3. The van der Waals surface area contributed by atoms with Crippen molar-refractivity contribution in [1.29, 1.82) is 0 Å². The first kappa shape index (κ1) is 19.8. The molecule has 0 spiro atoms. The molecule has 146 valence electrons. The van der Waals surface area contributed by atoms with E-state index in [0.717, 1.165) is 10.6 Å². The molecule has 1 aliphatic heterocycles. The number of anilines is 1. The van der Waals surface area contributed by atoms with E-state index in [-0.39, 0.29) is 23.2 Å². The number of para-hydroxylation sites is 1. The zero-order chi connectivity index (χ0) is 20.6. The number of benzene rings is 3. The van der Waals surface area contributed by atoms with Crippen LogP contribution in [0.15, 0.2) is 84.9 Å². The molecule has 0 unspecified atom stereocenters. The molecule has 2 amide bonds. The number of nitrogens with zero attached hydrogens (tertiary/aromatic N) is 1. The molecule has 3 aromatic carbocycles. The number of carbonyl (C=O) groups excluding carboxylic acids is 2. The minimum Gasteiger partial charge on any atom is -0.478 e. The Labute approximate surface area is 168 Å². The van der Waals surface area contributed by atoms with Crippen molar-refractivity contribution >= 4 is 23.5 Å². The molecule has 29 heavy (non-hydrogen) atoms. The quantitative estimate of drug-likeness (QED) is 0.650. The molecule has 4 rings (SSSR count). The Morgan fingerprint density at radius 2 is 1.34 bits per heavy atom. The van der Waals surface area contributed by atoms with Gasteiger partial charge in [-0.3, -0.25) is 14.5 Å². The summed E-state index contributed by atoms with van der Waals surface area (Å²) in [6, 6.07) is 25.4. The van der Waals surface area contributed by atoms with E-state index < -0.39 is 17.8 Å². The van der Waals surface area contributed by atoms with Gasteiger partial charge in [-0.1, -0.05) is 54.6 Å². The van der Waals surface area contributed by atoms with Gasteiger partial charge in [-0.25, -0.2) is 4.79 Å². The lowest BCUT2D eigenvalue weighted by Crippen LogP contribution is -2.34. The SMILES string of the molecule is O=C(O)c1ccc2c(c1)C(=O)N(CCNc1ccccc1)C2=O.c1ccccc1. The van der Waals surface area contributed by atoms with Crippen LogP contribution < -0.4 is 5.32 Å². The summed E-state index contributed by atoms with van der Waals surface area (Å²) in [7, 11) is 0. The van der Waals surface area contributed by atoms with E-state index in [1.165, 1.54) is 18.2 Å². The van der Waals surface area contributed by atoms with Crippen LogP contribution in [0.5, 0.6) is 0 Å². The predicted octanol–water partition coefficient (Wildman–Crippen LogP) is 3.78. The number of amides is 2. The molecule has 0 atom stereocenters. The van der Waals surface area contributed by atoms with Gasteiger partial charge < -0.3 is 10.4 Å². The van der Waals surface area contributed by atoms with Gasteiger partial charge in [0.05, 0.1) is 16.7 Å². The standard InChI is InChI=1S/C17H14N2O4.C6H6/c20-15-13-7-6-11(17(22)23)10-14(13)16(21)19(15)9-8-18-12-4-2-1-3-5-12;1-2-4-6-5-3-1/h1-7,10,18H,8-9H2,(H,22,23);1-6H. The first-order valence-electron chi connectivity index (χ1n) is 9.10. The molecule has 3 aromatic rings. The van der Waals surface area contributed by atoms with Crippen molar-refractivity contribution in [2.45, 2.75) is 0 Å². The maximum absolute atomic E-state index is 12.3. The Hall–Kier alpha value is -3.93. The van der Waals surface area contributed by atoms with Crippen molar-refractivity contribution in [2.75, 3.05) is 18.4 Å². The van der Waals surface area contributed by atoms with Gasteiger partial charge in [0, 0.05) is 18.8 Å². The number of imide groups is 1. The molecule has 0 bridgehead atoms. The summed E-state index contributed by atoms with van der Waals surface area (Å²) in [5.41, 5.74) is 1.29. The molecule has 1 aliphatic rings. The molecule has 0 saturated heterocycles. The number of carbonyl (C=O) groups is 3. The fraction of sp³-hybridized carbons (Fsp3) is 0.0870. The highest BCUT2D eigenvalue weighted by Gasteiger charge is 2.35. The third-order valence-corrected chi connectivity index (χ3v) is 4.32. The summed E-state index contributed by atoms with van der Waals surface area (Å²) in [5.74, 6) is -1.97. The van der Waals surface area contributed by atoms with Gasteiger partial charge in [0.15, 0.2) is 0 Å². The Morgan fingerprint density at radius 1 is 0.793 bits per heavy atom. The van der Waals surface area contributed by atoms with Crippen LogP contribution in [0, 0.1) is 0 Å². The lowest BCUT2D eigenvalue weighted by Gasteiger charge is -2.14. The van der Waals surface area contributed by atoms with Crippen LogP contribution in [0.25, 0.3) is 0 Å². The van der Waals surface area contributed by atoms with Crippen molar-refractivity contribution in [3.8, 4) is 0 Å². The van der Waals surface area contributed by atoms with E-state index in [9.17, 15) is 14.4 Å². The van der Waals surface area contributed by atoms with Crippen molar-refractivity contribution in [2.24, 2.45) is 0 Å². The van der Waals surface area contributed by atoms with Crippen LogP contribution >= 0.6 is 0 Å². The Bertz CT molecular complexity index is 977. The first-order valence-corrected chi connectivity index (χ1v) is 9.10. The molecule has 6 nitrogen and oxygen atoms in total. The molecule has 0 aliphatic carbocycles. The van der Waals surface area contributed by atoms with Gasteiger partial charge in [0.25, 0.3) is 11.8 Å². The second-order valence-electron chi connectivity index (χ2n) is 6.27. The van der Waals surface area contributed by atoms with Gasteiger partial charge in [0.2, 0.25) is 0 Å². The van der Waals surface area contributed by atoms with Crippen LogP contribution in [0.2, 0.25) is 0 Å². The van der Waals surface area contributed by atoms with Crippen molar-refractivity contribution in [1.82, 2.24) is 4.90 Å². The maximum Gasteiger partial charge on any atom is 0.335 e. The van der Waals surface area contributed by atoms with E-state index in [1.807, 2.05) is 66.7 Å². The van der Waals surface area contributed by atoms with E-state index in [4.69, 9.17) is 5.11 Å². The normalized spacial score (nSPS) is 12.1. The van der Waals surface area contributed by atoms with Gasteiger partial charge >= 0.3 is 5.97 Å². The van der Waals surface area contributed by atoms with Gasteiger partial charge in [0.1, 0.15) is 0 Å². The second-order valence-corrected chi connectivity index (χ2v) is 6.27. The van der Waals surface area contributed by atoms with Crippen LogP contribution in [-0.4, -0.2) is 40.9 Å². The molecule has 0 saturated carbocycles. The summed E-state index contributed by atoms with van der Waals surface area (Å²) in [5, 5.41) is 12.1. The van der Waals surface area contributed by atoms with Crippen LogP contribution in [0.3, 0.4) is 0 Å². The van der Waals surface area contributed by atoms with Crippen molar-refractivity contribution in [3.05, 3.63) is 102 Å². The number of nitrogens with one attached hydrogen (secondary N) is 1. The highest BCUT2D eigenvalue weighted by atomic mass is 16.4. The second kappa shape index (κ2) is 9.32. The third-order valence-electron chi connectivity index (χ3n) is 4.32. The minimum atomic E-state index is -1.13. The topological polar surface area (TPSA) is 86.7 Å². The number of hydrogen-bond donors (Lipinski definition) is 2. The predicted molar refractivity (Wildman–Crippen MR) is 110 cm³/mol. The van der Waals surface area contributed by atoms with E-state index in [0.29, 0.717) is 6.54 Å². The summed E-state index contributed by atoms with van der Waals surface area (Å²) < 4.78 is 0. The van der Waals surface area contributed by atoms with E-state index in [2.05, 4.69) is 5.32 Å². The largest absolute Gasteiger partial charge is 0.478 e. The molecule has 0 radical (unpaired) electrons. The van der Waals surface area contributed by atoms with Gasteiger partial charge in [-0.15, -0.1) is 0 Å². The Kier molecular flexibility index (Phi) is 6.37. The fourth-order valence-corrected chi connectivity index (χ4v) is 2.88. The zero-order valence-corrected chi connectivity index (χ0v) is 15.6. The molecular weight excluding hydrogens is 368 g/mol. The summed E-state index contributed by atoms with van der Waals surface area (Å²) in [6.07, 6.45) is 0. The smallest absolute Gasteiger partial charge is 0.335 e. The molecule has 0 aromatic heterocycles. The monoisotopic (exact) mass is 388 g/mol. The number of rotatable bonds is 5. The molecular formula is C23H20N2O4. The summed E-state index contributed by atoms with van der Waals surface area (Å²) in [6.45, 7) is 0.630. The molecule has 1 heterocycles.